The van der Waals surface area contributed by atoms with E-state index in [0.717, 1.165) is 22.1 Å². The first kappa shape index (κ1) is 22.2. The normalized spacial score (nSPS) is 21.9. The van der Waals surface area contributed by atoms with Crippen LogP contribution in [0.3, 0.4) is 0 Å². The number of ether oxygens (including phenoxy) is 2. The van der Waals surface area contributed by atoms with Crippen molar-refractivity contribution in [3.63, 3.8) is 0 Å². The Balaban J connectivity index is 1.37. The molecule has 3 aromatic rings. The molecular weight excluding hydrogens is 466 g/mol. The van der Waals surface area contributed by atoms with E-state index in [4.69, 9.17) is 21.1 Å². The number of hydrogen-bond donors (Lipinski definition) is 1. The van der Waals surface area contributed by atoms with Gasteiger partial charge in [-0.25, -0.2) is 0 Å². The van der Waals surface area contributed by atoms with E-state index in [1.54, 1.807) is 34.2 Å². The lowest BCUT2D eigenvalue weighted by Crippen LogP contribution is -2.44. The molecule has 2 aromatic heterocycles. The number of fused-ring (bicyclic) bond motifs is 5. The number of carbonyl (C=O) groups excluding carboxylic acids is 1. The number of nitrogens with zero attached hydrogens (tertiary/aromatic N) is 6. The first-order chi connectivity index (χ1) is 16.0. The highest BCUT2D eigenvalue weighted by atomic mass is 35.5. The van der Waals surface area contributed by atoms with Crippen molar-refractivity contribution in [3.05, 3.63) is 50.7 Å². The van der Waals surface area contributed by atoms with Crippen LogP contribution in [0.5, 0.6) is 5.75 Å². The Hall–Kier alpha value is -2.60. The Morgan fingerprint density at radius 3 is 3.03 bits per heavy atom. The standard InChI is InChI=1S/C21H24ClN7O3S/c1-13-24-26-20(33-13)11-28-9-17-19(10-28)32-12-15-8-29(27-25-15)5-2-6-31-18-7-14(21(30)23-17)3-4-16(18)22/h3-4,7-8,17,19H,2,5-6,9-12H2,1H3,(H,23,30)/t17-,19-/m0/s1. The quantitative estimate of drug-likeness (QED) is 0.583. The second-order valence-corrected chi connectivity index (χ2v) is 9.83. The van der Waals surface area contributed by atoms with Gasteiger partial charge in [-0.15, -0.1) is 26.6 Å². The molecule has 1 N–H and O–H groups in total. The fraction of sp³-hybridized carbons (Fsp3) is 0.476. The zero-order chi connectivity index (χ0) is 22.8. The summed E-state index contributed by atoms with van der Waals surface area (Å²) in [6.45, 7) is 5.32. The molecule has 1 fully saturated rings. The van der Waals surface area contributed by atoms with Crippen LogP contribution >= 0.6 is 22.9 Å². The van der Waals surface area contributed by atoms with E-state index >= 15 is 0 Å². The molecule has 5 rings (SSSR count). The van der Waals surface area contributed by atoms with Gasteiger partial charge in [-0.05, 0) is 25.1 Å². The topological polar surface area (TPSA) is 107 Å². The molecule has 4 heterocycles. The average Bonchev–Trinajstić information content (AvgIpc) is 3.51. The van der Waals surface area contributed by atoms with Crippen LogP contribution in [0.2, 0.25) is 5.02 Å². The number of carbonyl (C=O) groups is 1. The number of halogens is 1. The first-order valence-corrected chi connectivity index (χ1v) is 12.0. The van der Waals surface area contributed by atoms with E-state index in [-0.39, 0.29) is 18.1 Å². The molecule has 0 aliphatic carbocycles. The maximum atomic E-state index is 13.1. The van der Waals surface area contributed by atoms with Gasteiger partial charge in [0.05, 0.1) is 43.1 Å². The second kappa shape index (κ2) is 9.72. The van der Waals surface area contributed by atoms with Gasteiger partial charge in [0.15, 0.2) is 0 Å². The summed E-state index contributed by atoms with van der Waals surface area (Å²) in [5.41, 5.74) is 1.24. The number of aryl methyl sites for hydroxylation is 2. The molecule has 10 nitrogen and oxygen atoms in total. The van der Waals surface area contributed by atoms with Crippen LogP contribution in [0.25, 0.3) is 0 Å². The van der Waals surface area contributed by atoms with Crippen LogP contribution < -0.4 is 10.1 Å². The van der Waals surface area contributed by atoms with Gasteiger partial charge in [-0.1, -0.05) is 16.8 Å². The fourth-order valence-electron chi connectivity index (χ4n) is 4.00. The van der Waals surface area contributed by atoms with Crippen LogP contribution in [0, 0.1) is 6.92 Å². The Morgan fingerprint density at radius 2 is 2.18 bits per heavy atom. The molecule has 1 aromatic carbocycles. The molecule has 0 unspecified atom stereocenters. The minimum absolute atomic E-state index is 0.193. The predicted octanol–water partition coefficient (Wildman–Crippen LogP) is 2.07. The van der Waals surface area contributed by atoms with E-state index in [0.29, 0.717) is 55.7 Å². The van der Waals surface area contributed by atoms with Gasteiger partial charge in [-0.2, -0.15) is 0 Å². The van der Waals surface area contributed by atoms with Crippen LogP contribution in [0.4, 0.5) is 0 Å². The number of amides is 1. The molecule has 33 heavy (non-hydrogen) atoms. The largest absolute Gasteiger partial charge is 0.492 e. The molecule has 2 aliphatic rings. The highest BCUT2D eigenvalue weighted by Crippen LogP contribution is 2.26. The van der Waals surface area contributed by atoms with Crippen molar-refractivity contribution in [2.45, 2.75) is 45.2 Å². The van der Waals surface area contributed by atoms with Crippen molar-refractivity contribution in [2.75, 3.05) is 19.7 Å². The van der Waals surface area contributed by atoms with Crippen molar-refractivity contribution in [1.29, 1.82) is 0 Å². The van der Waals surface area contributed by atoms with Gasteiger partial charge in [0.25, 0.3) is 5.91 Å². The fourth-order valence-corrected chi connectivity index (χ4v) is 4.93. The third kappa shape index (κ3) is 5.32. The Kier molecular flexibility index (Phi) is 6.54. The summed E-state index contributed by atoms with van der Waals surface area (Å²) in [7, 11) is 0. The molecule has 174 valence electrons. The number of hydrogen-bond acceptors (Lipinski definition) is 9. The van der Waals surface area contributed by atoms with E-state index < -0.39 is 0 Å². The SMILES string of the molecule is Cc1nnc(CN2C[C@@H]3NC(=O)c4ccc(Cl)c(c4)OCCCn4cc(nn4)CO[C@H]3C2)s1. The highest BCUT2D eigenvalue weighted by molar-refractivity contribution is 7.11. The highest BCUT2D eigenvalue weighted by Gasteiger charge is 2.35. The third-order valence-electron chi connectivity index (χ3n) is 5.60. The van der Waals surface area contributed by atoms with Gasteiger partial charge in [0.1, 0.15) is 21.5 Å². The Labute approximate surface area is 199 Å². The van der Waals surface area contributed by atoms with Crippen LogP contribution in [0.1, 0.15) is 32.5 Å². The summed E-state index contributed by atoms with van der Waals surface area (Å²) in [5.74, 6) is 0.296. The molecule has 4 bridgehead atoms. The van der Waals surface area contributed by atoms with E-state index in [9.17, 15) is 4.79 Å². The van der Waals surface area contributed by atoms with Gasteiger partial charge < -0.3 is 14.8 Å². The van der Waals surface area contributed by atoms with Gasteiger partial charge in [0.2, 0.25) is 0 Å². The van der Waals surface area contributed by atoms with Crippen LogP contribution in [0.15, 0.2) is 24.4 Å². The molecule has 0 radical (unpaired) electrons. The summed E-state index contributed by atoms with van der Waals surface area (Å²) < 4.78 is 13.8. The summed E-state index contributed by atoms with van der Waals surface area (Å²) in [4.78, 5) is 15.3. The van der Waals surface area contributed by atoms with Crippen molar-refractivity contribution in [3.8, 4) is 5.75 Å². The molecule has 1 saturated heterocycles. The smallest absolute Gasteiger partial charge is 0.251 e. The van der Waals surface area contributed by atoms with Crippen molar-refractivity contribution in [1.82, 2.24) is 35.4 Å². The monoisotopic (exact) mass is 489 g/mol. The summed E-state index contributed by atoms with van der Waals surface area (Å²) >= 11 is 7.85. The Morgan fingerprint density at radius 1 is 1.27 bits per heavy atom. The third-order valence-corrected chi connectivity index (χ3v) is 6.73. The minimum atomic E-state index is -0.205. The van der Waals surface area contributed by atoms with Crippen molar-refractivity contribution >= 4 is 28.8 Å². The summed E-state index contributed by atoms with van der Waals surface area (Å²) in [5, 5.41) is 22.2. The molecule has 0 saturated carbocycles. The molecule has 2 atom stereocenters. The predicted molar refractivity (Wildman–Crippen MR) is 121 cm³/mol. The number of rotatable bonds is 2. The van der Waals surface area contributed by atoms with Crippen LogP contribution in [-0.4, -0.2) is 67.8 Å². The number of aromatic nitrogens is 5. The first-order valence-electron chi connectivity index (χ1n) is 10.8. The number of benzene rings is 1. The maximum Gasteiger partial charge on any atom is 0.251 e. The molecule has 12 heteroatoms. The van der Waals surface area contributed by atoms with Crippen molar-refractivity contribution < 1.29 is 14.3 Å². The van der Waals surface area contributed by atoms with Crippen LogP contribution in [-0.2, 0) is 24.4 Å². The summed E-state index contributed by atoms with van der Waals surface area (Å²) in [6.07, 6.45) is 2.40. The lowest BCUT2D eigenvalue weighted by Gasteiger charge is -2.20. The Bertz CT molecular complexity index is 1140. The molecule has 2 aliphatic heterocycles. The summed E-state index contributed by atoms with van der Waals surface area (Å²) in [6, 6.07) is 4.87. The van der Waals surface area contributed by atoms with E-state index in [2.05, 4.69) is 30.7 Å². The lowest BCUT2D eigenvalue weighted by atomic mass is 10.1. The molecule has 1 amide bonds. The van der Waals surface area contributed by atoms with E-state index in [1.165, 1.54) is 0 Å². The van der Waals surface area contributed by atoms with Crippen molar-refractivity contribution in [2.24, 2.45) is 0 Å². The van der Waals surface area contributed by atoms with Gasteiger partial charge in [0, 0.05) is 31.6 Å². The molecule has 0 spiro atoms. The van der Waals surface area contributed by atoms with Gasteiger partial charge >= 0.3 is 0 Å². The minimum Gasteiger partial charge on any atom is -0.492 e. The molecular formula is C21H24ClN7O3S. The average molecular weight is 490 g/mol. The second-order valence-electron chi connectivity index (χ2n) is 8.16. The number of likely N-dealkylation sites (tertiary alicyclic amines) is 1. The number of nitrogens with one attached hydrogen (secondary N) is 1. The van der Waals surface area contributed by atoms with Gasteiger partial charge in [-0.3, -0.25) is 14.4 Å². The van der Waals surface area contributed by atoms with E-state index in [1.807, 2.05) is 13.1 Å². The zero-order valence-electron chi connectivity index (χ0n) is 18.1. The maximum absolute atomic E-state index is 13.1. The zero-order valence-corrected chi connectivity index (χ0v) is 19.7. The lowest BCUT2D eigenvalue weighted by molar-refractivity contribution is 0.0293.